The number of carbonyl (C=O) groups excluding carboxylic acids is 1. The van der Waals surface area contributed by atoms with E-state index in [9.17, 15) is 4.79 Å². The minimum absolute atomic E-state index is 0.130. The van der Waals surface area contributed by atoms with Crippen molar-refractivity contribution in [1.29, 1.82) is 0 Å². The molecule has 168 valence electrons. The Labute approximate surface area is 200 Å². The van der Waals surface area contributed by atoms with E-state index in [1.54, 1.807) is 11.3 Å². The molecule has 0 N–H and O–H groups in total. The van der Waals surface area contributed by atoms with E-state index in [0.717, 1.165) is 35.3 Å². The fourth-order valence-corrected chi connectivity index (χ4v) is 5.51. The van der Waals surface area contributed by atoms with E-state index in [4.69, 9.17) is 4.99 Å². The number of nitrogens with zero attached hydrogens (tertiary/aromatic N) is 2. The normalized spacial score (nSPS) is 11.8. The molecular formula is C29H30N2OS. The van der Waals surface area contributed by atoms with Crippen LogP contribution in [0.3, 0.4) is 0 Å². The lowest BCUT2D eigenvalue weighted by atomic mass is 9.91. The Morgan fingerprint density at radius 2 is 1.45 bits per heavy atom. The Morgan fingerprint density at radius 3 is 1.97 bits per heavy atom. The number of amides is 1. The van der Waals surface area contributed by atoms with Gasteiger partial charge in [0.2, 0.25) is 0 Å². The van der Waals surface area contributed by atoms with E-state index in [2.05, 4.69) is 49.6 Å². The highest BCUT2D eigenvalue weighted by Crippen LogP contribution is 2.29. The third-order valence-electron chi connectivity index (χ3n) is 5.82. The molecular weight excluding hydrogens is 424 g/mol. The Balaban J connectivity index is 1.85. The lowest BCUT2D eigenvalue weighted by Gasteiger charge is -2.14. The maximum absolute atomic E-state index is 13.7. The Kier molecular flexibility index (Phi) is 7.36. The second-order valence-electron chi connectivity index (χ2n) is 8.22. The summed E-state index contributed by atoms with van der Waals surface area (Å²) in [6, 6.07) is 28.5. The Bertz CT molecular complexity index is 1230. The van der Waals surface area contributed by atoms with E-state index < -0.39 is 5.92 Å². The number of aryl methyl sites for hydroxylation is 2. The van der Waals surface area contributed by atoms with E-state index in [1.165, 1.54) is 21.7 Å². The van der Waals surface area contributed by atoms with Gasteiger partial charge in [-0.2, -0.15) is 4.99 Å². The first-order valence-electron chi connectivity index (χ1n) is 11.6. The average Bonchev–Trinajstić information content (AvgIpc) is 3.18. The molecule has 4 rings (SSSR count). The average molecular weight is 455 g/mol. The van der Waals surface area contributed by atoms with Crippen LogP contribution in [-0.4, -0.2) is 10.5 Å². The van der Waals surface area contributed by atoms with Crippen LogP contribution >= 0.6 is 11.3 Å². The highest BCUT2D eigenvalue weighted by atomic mass is 32.1. The van der Waals surface area contributed by atoms with Crippen LogP contribution in [0.4, 0.5) is 0 Å². The van der Waals surface area contributed by atoms with Crippen LogP contribution in [0.25, 0.3) is 11.3 Å². The molecule has 0 aliphatic rings. The molecule has 33 heavy (non-hydrogen) atoms. The number of carbonyl (C=O) groups is 1. The second kappa shape index (κ2) is 10.6. The van der Waals surface area contributed by atoms with Crippen molar-refractivity contribution in [2.75, 3.05) is 0 Å². The fourth-order valence-electron chi connectivity index (χ4n) is 4.19. The highest BCUT2D eigenvalue weighted by Gasteiger charge is 2.23. The van der Waals surface area contributed by atoms with Crippen molar-refractivity contribution in [3.63, 3.8) is 0 Å². The number of aromatic nitrogens is 1. The summed E-state index contributed by atoms with van der Waals surface area (Å²) in [4.78, 5) is 20.5. The van der Waals surface area contributed by atoms with Crippen molar-refractivity contribution in [3.8, 4) is 11.3 Å². The minimum atomic E-state index is -0.419. The summed E-state index contributed by atoms with van der Waals surface area (Å²) in [6.45, 7) is 7.18. The smallest absolute Gasteiger partial charge is 0.260 e. The van der Waals surface area contributed by atoms with Crippen molar-refractivity contribution < 1.29 is 4.79 Å². The molecule has 4 aromatic rings. The zero-order valence-electron chi connectivity index (χ0n) is 19.5. The quantitative estimate of drug-likeness (QED) is 0.304. The van der Waals surface area contributed by atoms with E-state index in [1.807, 2.05) is 60.7 Å². The molecule has 0 saturated heterocycles. The fraction of sp³-hybridized carbons (Fsp3) is 0.241. The van der Waals surface area contributed by atoms with Crippen LogP contribution in [0.5, 0.6) is 0 Å². The van der Waals surface area contributed by atoms with Crippen molar-refractivity contribution in [2.24, 2.45) is 4.99 Å². The molecule has 0 aliphatic heterocycles. The van der Waals surface area contributed by atoms with Crippen molar-refractivity contribution in [1.82, 2.24) is 4.57 Å². The largest absolute Gasteiger partial charge is 0.316 e. The van der Waals surface area contributed by atoms with E-state index >= 15 is 0 Å². The van der Waals surface area contributed by atoms with Crippen LogP contribution in [0.2, 0.25) is 0 Å². The number of rotatable bonds is 7. The summed E-state index contributed by atoms with van der Waals surface area (Å²) in [5, 5.41) is 0. The number of hydrogen-bond donors (Lipinski definition) is 0. The molecule has 3 aromatic carbocycles. The third-order valence-corrected chi connectivity index (χ3v) is 6.95. The molecule has 0 aliphatic carbocycles. The first-order valence-corrected chi connectivity index (χ1v) is 12.4. The van der Waals surface area contributed by atoms with Gasteiger partial charge >= 0.3 is 0 Å². The van der Waals surface area contributed by atoms with Gasteiger partial charge < -0.3 is 4.57 Å². The number of hydrogen-bond acceptors (Lipinski definition) is 2. The van der Waals surface area contributed by atoms with Gasteiger partial charge in [0.15, 0.2) is 4.80 Å². The standard InChI is InChI=1S/C29H30N2OS/c1-4-12-25-27(24-19-17-21(3)18-20-24)31(5-2)29(33-25)30-28(32)26(22-13-8-6-9-14-22)23-15-10-7-11-16-23/h6-11,13-20,26H,4-5,12H2,1-3H3. The predicted molar refractivity (Wildman–Crippen MR) is 137 cm³/mol. The van der Waals surface area contributed by atoms with Gasteiger partial charge in [-0.3, -0.25) is 4.79 Å². The molecule has 0 saturated carbocycles. The zero-order valence-corrected chi connectivity index (χ0v) is 20.3. The van der Waals surface area contributed by atoms with Crippen LogP contribution in [0.1, 0.15) is 47.8 Å². The van der Waals surface area contributed by atoms with Crippen molar-refractivity contribution >= 4 is 17.2 Å². The summed E-state index contributed by atoms with van der Waals surface area (Å²) in [5.41, 5.74) is 5.53. The topological polar surface area (TPSA) is 34.4 Å². The lowest BCUT2D eigenvalue weighted by molar-refractivity contribution is -0.118. The minimum Gasteiger partial charge on any atom is -0.316 e. The SMILES string of the molecule is CCCc1sc(=NC(=O)C(c2ccccc2)c2ccccc2)n(CC)c1-c1ccc(C)cc1. The molecule has 0 bridgehead atoms. The molecule has 0 radical (unpaired) electrons. The van der Waals surface area contributed by atoms with Gasteiger partial charge in [-0.1, -0.05) is 104 Å². The lowest BCUT2D eigenvalue weighted by Crippen LogP contribution is -2.20. The molecule has 1 amide bonds. The molecule has 0 atom stereocenters. The molecule has 0 fully saturated rings. The van der Waals surface area contributed by atoms with Gasteiger partial charge in [-0.15, -0.1) is 11.3 Å². The summed E-state index contributed by atoms with van der Waals surface area (Å²) in [5.74, 6) is -0.549. The van der Waals surface area contributed by atoms with E-state index in [-0.39, 0.29) is 5.91 Å². The van der Waals surface area contributed by atoms with Crippen molar-refractivity contribution in [3.05, 3.63) is 111 Å². The summed E-state index contributed by atoms with van der Waals surface area (Å²) < 4.78 is 2.20. The summed E-state index contributed by atoms with van der Waals surface area (Å²) in [7, 11) is 0. The Hall–Kier alpha value is -3.24. The molecule has 0 spiro atoms. The summed E-state index contributed by atoms with van der Waals surface area (Å²) in [6.07, 6.45) is 2.02. The van der Waals surface area contributed by atoms with Gasteiger partial charge in [0.1, 0.15) is 0 Å². The monoisotopic (exact) mass is 454 g/mol. The summed E-state index contributed by atoms with van der Waals surface area (Å²) >= 11 is 1.65. The first kappa shape index (κ1) is 22.9. The van der Waals surface area contributed by atoms with Gasteiger partial charge in [0.25, 0.3) is 5.91 Å². The van der Waals surface area contributed by atoms with Gasteiger partial charge in [-0.05, 0) is 37.0 Å². The predicted octanol–water partition coefficient (Wildman–Crippen LogP) is 6.76. The van der Waals surface area contributed by atoms with Gasteiger partial charge in [-0.25, -0.2) is 0 Å². The van der Waals surface area contributed by atoms with Crippen LogP contribution in [0, 0.1) is 6.92 Å². The third kappa shape index (κ3) is 5.07. The molecule has 1 heterocycles. The first-order chi connectivity index (χ1) is 16.1. The maximum Gasteiger partial charge on any atom is 0.260 e. The molecule has 3 nitrogen and oxygen atoms in total. The molecule has 1 aromatic heterocycles. The second-order valence-corrected chi connectivity index (χ2v) is 9.28. The number of thiazole rings is 1. The van der Waals surface area contributed by atoms with Crippen LogP contribution in [0.15, 0.2) is 89.9 Å². The molecule has 4 heteroatoms. The zero-order chi connectivity index (χ0) is 23.2. The highest BCUT2D eigenvalue weighted by molar-refractivity contribution is 7.09. The van der Waals surface area contributed by atoms with Gasteiger partial charge in [0, 0.05) is 11.4 Å². The van der Waals surface area contributed by atoms with E-state index in [0.29, 0.717) is 0 Å². The van der Waals surface area contributed by atoms with Crippen molar-refractivity contribution in [2.45, 2.75) is 46.1 Å². The number of benzene rings is 3. The van der Waals surface area contributed by atoms with Gasteiger partial charge in [0.05, 0.1) is 11.6 Å². The van der Waals surface area contributed by atoms with Crippen LogP contribution < -0.4 is 4.80 Å². The Morgan fingerprint density at radius 1 is 0.879 bits per heavy atom. The molecule has 0 unspecified atom stereocenters. The van der Waals surface area contributed by atoms with Crippen LogP contribution in [-0.2, 0) is 17.8 Å². The maximum atomic E-state index is 13.7.